The number of alkyl halides is 1. The molecule has 14 heavy (non-hydrogen) atoms. The van der Waals surface area contributed by atoms with Gasteiger partial charge in [0.15, 0.2) is 5.22 Å². The van der Waals surface area contributed by atoms with Crippen molar-refractivity contribution in [3.8, 4) is 0 Å². The van der Waals surface area contributed by atoms with Gasteiger partial charge in [-0.2, -0.15) is 11.8 Å². The predicted molar refractivity (Wildman–Crippen MR) is 65.3 cm³/mol. The smallest absolute Gasteiger partial charge is 0.193 e. The first-order chi connectivity index (χ1) is 6.74. The van der Waals surface area contributed by atoms with Gasteiger partial charge in [-0.15, -0.1) is 0 Å². The summed E-state index contributed by atoms with van der Waals surface area (Å²) in [5.74, 6) is 3.13. The van der Waals surface area contributed by atoms with Crippen LogP contribution in [-0.4, -0.2) is 11.1 Å². The summed E-state index contributed by atoms with van der Waals surface area (Å²) in [7, 11) is 0. The van der Waals surface area contributed by atoms with E-state index in [0.717, 1.165) is 16.8 Å². The number of hydrogen-bond acceptors (Lipinski definition) is 2. The molecule has 1 heterocycles. The van der Waals surface area contributed by atoms with Gasteiger partial charge in [0.2, 0.25) is 0 Å². The number of furan rings is 1. The molecule has 1 aliphatic rings. The summed E-state index contributed by atoms with van der Waals surface area (Å²) >= 11 is 11.2. The fraction of sp³-hybridized carbons (Fsp3) is 0.600. The maximum absolute atomic E-state index is 5.69. The first-order valence-corrected chi connectivity index (χ1v) is 7.27. The summed E-state index contributed by atoms with van der Waals surface area (Å²) in [5, 5.41) is 1.62. The molecular formula is C10H12BrClOS. The van der Waals surface area contributed by atoms with E-state index in [0.29, 0.717) is 10.6 Å². The summed E-state index contributed by atoms with van der Waals surface area (Å²) in [5.41, 5.74) is 0.584. The van der Waals surface area contributed by atoms with Crippen LogP contribution in [0.2, 0.25) is 5.22 Å². The van der Waals surface area contributed by atoms with Crippen LogP contribution in [0.5, 0.6) is 0 Å². The average Bonchev–Trinajstić information content (AvgIpc) is 2.84. The Labute approximate surface area is 102 Å². The molecule has 1 aromatic heterocycles. The zero-order valence-corrected chi connectivity index (χ0v) is 10.9. The normalized spacial score (nSPS) is 18.4. The highest BCUT2D eigenvalue weighted by molar-refractivity contribution is 9.09. The van der Waals surface area contributed by atoms with E-state index in [1.165, 1.54) is 18.6 Å². The fourth-order valence-corrected chi connectivity index (χ4v) is 3.76. The van der Waals surface area contributed by atoms with E-state index in [1.54, 1.807) is 6.07 Å². The Morgan fingerprint density at radius 1 is 1.50 bits per heavy atom. The molecule has 0 N–H and O–H groups in total. The summed E-state index contributed by atoms with van der Waals surface area (Å²) in [6, 6.07) is 3.75. The van der Waals surface area contributed by atoms with Gasteiger partial charge in [0.05, 0.1) is 5.75 Å². The SMILES string of the molecule is Clc1ccc(CSCC2(CBr)CC2)o1. The highest BCUT2D eigenvalue weighted by Crippen LogP contribution is 2.49. The lowest BCUT2D eigenvalue weighted by molar-refractivity contribution is 0.532. The molecule has 1 aromatic rings. The molecule has 78 valence electrons. The Morgan fingerprint density at radius 3 is 2.79 bits per heavy atom. The Morgan fingerprint density at radius 2 is 2.29 bits per heavy atom. The van der Waals surface area contributed by atoms with Crippen molar-refractivity contribution in [1.82, 2.24) is 0 Å². The topological polar surface area (TPSA) is 13.1 Å². The zero-order chi connectivity index (χ0) is 10.0. The van der Waals surface area contributed by atoms with Gasteiger partial charge in [0, 0.05) is 11.1 Å². The van der Waals surface area contributed by atoms with Crippen LogP contribution in [-0.2, 0) is 5.75 Å². The van der Waals surface area contributed by atoms with Crippen LogP contribution in [0, 0.1) is 5.41 Å². The third-order valence-corrected chi connectivity index (χ3v) is 5.22. The standard InChI is InChI=1S/C10H12BrClOS/c11-6-10(3-4-10)7-14-5-8-1-2-9(12)13-8/h1-2H,3-7H2. The number of thioether (sulfide) groups is 1. The summed E-state index contributed by atoms with van der Waals surface area (Å²) < 4.78 is 5.29. The quantitative estimate of drug-likeness (QED) is 0.750. The molecular weight excluding hydrogens is 284 g/mol. The van der Waals surface area contributed by atoms with E-state index in [4.69, 9.17) is 16.0 Å². The van der Waals surface area contributed by atoms with E-state index < -0.39 is 0 Å². The van der Waals surface area contributed by atoms with Crippen molar-refractivity contribution in [2.45, 2.75) is 18.6 Å². The van der Waals surface area contributed by atoms with Crippen molar-refractivity contribution in [3.63, 3.8) is 0 Å². The maximum atomic E-state index is 5.69. The Hall–Kier alpha value is 0.400. The molecule has 1 fully saturated rings. The molecule has 2 rings (SSSR count). The average molecular weight is 296 g/mol. The lowest BCUT2D eigenvalue weighted by atomic mass is 10.2. The highest BCUT2D eigenvalue weighted by atomic mass is 79.9. The monoisotopic (exact) mass is 294 g/mol. The second-order valence-corrected chi connectivity index (χ2v) is 5.75. The van der Waals surface area contributed by atoms with Gasteiger partial charge in [-0.05, 0) is 42.0 Å². The largest absolute Gasteiger partial charge is 0.449 e. The van der Waals surface area contributed by atoms with E-state index in [9.17, 15) is 0 Å². The molecule has 0 bridgehead atoms. The van der Waals surface area contributed by atoms with Crippen LogP contribution in [0.4, 0.5) is 0 Å². The van der Waals surface area contributed by atoms with Crippen molar-refractivity contribution in [2.75, 3.05) is 11.1 Å². The van der Waals surface area contributed by atoms with Crippen molar-refractivity contribution in [1.29, 1.82) is 0 Å². The molecule has 0 spiro atoms. The third kappa shape index (κ3) is 2.71. The van der Waals surface area contributed by atoms with Crippen molar-refractivity contribution in [2.24, 2.45) is 5.41 Å². The number of halogens is 2. The summed E-state index contributed by atoms with van der Waals surface area (Å²) in [6.07, 6.45) is 2.73. The summed E-state index contributed by atoms with van der Waals surface area (Å²) in [6.45, 7) is 0. The van der Waals surface area contributed by atoms with Crippen molar-refractivity contribution < 1.29 is 4.42 Å². The van der Waals surface area contributed by atoms with E-state index in [-0.39, 0.29) is 0 Å². The van der Waals surface area contributed by atoms with Crippen molar-refractivity contribution in [3.05, 3.63) is 23.1 Å². The minimum Gasteiger partial charge on any atom is -0.449 e. The second kappa shape index (κ2) is 4.50. The number of rotatable bonds is 5. The molecule has 0 unspecified atom stereocenters. The minimum absolute atomic E-state index is 0.488. The molecule has 0 radical (unpaired) electrons. The van der Waals surface area contributed by atoms with Crippen LogP contribution in [0.1, 0.15) is 18.6 Å². The minimum atomic E-state index is 0.488. The third-order valence-electron chi connectivity index (χ3n) is 2.52. The maximum Gasteiger partial charge on any atom is 0.193 e. The van der Waals surface area contributed by atoms with Crippen LogP contribution < -0.4 is 0 Å². The molecule has 1 nitrogen and oxygen atoms in total. The van der Waals surface area contributed by atoms with Gasteiger partial charge in [0.1, 0.15) is 5.76 Å². The van der Waals surface area contributed by atoms with Crippen LogP contribution >= 0.6 is 39.3 Å². The molecule has 0 aliphatic heterocycles. The van der Waals surface area contributed by atoms with Gasteiger partial charge < -0.3 is 4.42 Å². The molecule has 0 saturated heterocycles. The van der Waals surface area contributed by atoms with Gasteiger partial charge in [-0.25, -0.2) is 0 Å². The lowest BCUT2D eigenvalue weighted by Crippen LogP contribution is -2.05. The predicted octanol–water partition coefficient (Wildman–Crippen LogP) is 4.34. The molecule has 0 atom stereocenters. The first-order valence-electron chi connectivity index (χ1n) is 4.62. The van der Waals surface area contributed by atoms with Crippen LogP contribution in [0.25, 0.3) is 0 Å². The van der Waals surface area contributed by atoms with Gasteiger partial charge in [0.25, 0.3) is 0 Å². The fourth-order valence-electron chi connectivity index (χ4n) is 1.29. The van der Waals surface area contributed by atoms with Gasteiger partial charge in [-0.3, -0.25) is 0 Å². The molecule has 0 amide bonds. The van der Waals surface area contributed by atoms with E-state index in [2.05, 4.69) is 15.9 Å². The lowest BCUT2D eigenvalue weighted by Gasteiger charge is -2.09. The molecule has 1 saturated carbocycles. The summed E-state index contributed by atoms with van der Waals surface area (Å²) in [4.78, 5) is 0. The van der Waals surface area contributed by atoms with Crippen LogP contribution in [0.3, 0.4) is 0 Å². The second-order valence-electron chi connectivity index (χ2n) is 3.83. The van der Waals surface area contributed by atoms with E-state index >= 15 is 0 Å². The van der Waals surface area contributed by atoms with Gasteiger partial charge in [-0.1, -0.05) is 15.9 Å². The van der Waals surface area contributed by atoms with Crippen LogP contribution in [0.15, 0.2) is 16.5 Å². The van der Waals surface area contributed by atoms with E-state index in [1.807, 2.05) is 17.8 Å². The molecule has 1 aliphatic carbocycles. The number of hydrogen-bond donors (Lipinski definition) is 0. The molecule has 0 aromatic carbocycles. The van der Waals surface area contributed by atoms with Gasteiger partial charge >= 0.3 is 0 Å². The Kier molecular flexibility index (Phi) is 3.50. The first kappa shape index (κ1) is 10.9. The van der Waals surface area contributed by atoms with Crippen molar-refractivity contribution >= 4 is 39.3 Å². The molecule has 4 heteroatoms. The Balaban J connectivity index is 1.73. The highest BCUT2D eigenvalue weighted by Gasteiger charge is 2.40. The zero-order valence-electron chi connectivity index (χ0n) is 7.76. The Bertz CT molecular complexity index is 309.